The van der Waals surface area contributed by atoms with Crippen molar-refractivity contribution < 1.29 is 9.59 Å². The molecule has 0 bridgehead atoms. The molecule has 0 aliphatic rings. The van der Waals surface area contributed by atoms with Crippen LogP contribution in [0, 0.1) is 0 Å². The molecule has 8 heavy (non-hydrogen) atoms. The van der Waals surface area contributed by atoms with Gasteiger partial charge in [-0.3, -0.25) is 9.59 Å². The van der Waals surface area contributed by atoms with Gasteiger partial charge in [0.05, 0.1) is 6.42 Å². The van der Waals surface area contributed by atoms with E-state index in [-0.39, 0.29) is 66.9 Å². The van der Waals surface area contributed by atoms with E-state index in [1.54, 1.807) is 0 Å². The summed E-state index contributed by atoms with van der Waals surface area (Å²) in [4.78, 5) is 20.1. The Hall–Kier alpha value is 0.911. The van der Waals surface area contributed by atoms with Crippen molar-refractivity contribution in [2.75, 3.05) is 0 Å². The number of hydrogen-bond donors (Lipinski definition) is 0. The average Bonchev–Trinajstić information content (AvgIpc) is 1.27. The smallest absolute Gasteiger partial charge is 0.300 e. The molecule has 0 atom stereocenters. The Kier molecular flexibility index (Phi) is 8.81. The largest absolute Gasteiger partial charge is 2.00 e. The number of rotatable bonds is 2. The summed E-state index contributed by atoms with van der Waals surface area (Å²) in [6.45, 7) is 2.81. The Bertz CT molecular complexity index is 86.6. The van der Waals surface area contributed by atoms with E-state index < -0.39 is 0 Å². The Morgan fingerprint density at radius 1 is 1.12 bits per heavy atom. The van der Waals surface area contributed by atoms with Crippen molar-refractivity contribution >= 4 is 60.4 Å². The molecule has 0 heterocycles. The molecule has 0 aromatic rings. The first kappa shape index (κ1) is 11.7. The van der Waals surface area contributed by atoms with Gasteiger partial charge in [-0.1, -0.05) is 0 Å². The second kappa shape index (κ2) is 6.04. The van der Waals surface area contributed by atoms with Crippen LogP contribution in [-0.4, -0.2) is 60.4 Å². The Labute approximate surface area is 89.1 Å². The van der Waals surface area contributed by atoms with Gasteiger partial charge in [0, 0.05) is 0 Å². The van der Waals surface area contributed by atoms with Crippen LogP contribution in [0.2, 0.25) is 0 Å². The molecule has 0 spiro atoms. The van der Waals surface area contributed by atoms with E-state index in [9.17, 15) is 9.59 Å². The predicted octanol–water partition coefficient (Wildman–Crippen LogP) is 0.174. The van der Waals surface area contributed by atoms with Crippen molar-refractivity contribution in [2.45, 2.75) is 20.3 Å². The van der Waals surface area contributed by atoms with Gasteiger partial charge < -0.3 is 0 Å². The fourth-order valence-electron chi connectivity index (χ4n) is 0.351. The van der Waals surface area contributed by atoms with Crippen molar-refractivity contribution in [1.29, 1.82) is 0 Å². The summed E-state index contributed by atoms with van der Waals surface area (Å²) in [5.74, 6) is -0.125. The van der Waals surface area contributed by atoms with Crippen molar-refractivity contribution in [3.05, 3.63) is 0 Å². The van der Waals surface area contributed by atoms with Crippen LogP contribution >= 0.6 is 0 Å². The fraction of sp³-hybridized carbons (Fsp3) is 0.600. The molecule has 0 aliphatic heterocycles. The maximum atomic E-state index is 10.0. The first-order valence-electron chi connectivity index (χ1n) is 2.12. The molecule has 40 valence electrons. The van der Waals surface area contributed by atoms with Gasteiger partial charge in [0.1, 0.15) is 11.6 Å². The first-order chi connectivity index (χ1) is 3.13. The van der Waals surface area contributed by atoms with Crippen LogP contribution in [0.15, 0.2) is 0 Å². The van der Waals surface area contributed by atoms with Gasteiger partial charge in [0.2, 0.25) is 0 Å². The van der Waals surface area contributed by atoms with E-state index in [2.05, 4.69) is 0 Å². The molecule has 0 saturated carbocycles. The molecule has 0 N–H and O–H groups in total. The molecule has 0 rings (SSSR count). The van der Waals surface area contributed by atoms with Gasteiger partial charge in [-0.25, -0.2) is 0 Å². The van der Waals surface area contributed by atoms with Crippen LogP contribution < -0.4 is 0 Å². The van der Waals surface area contributed by atoms with E-state index in [0.29, 0.717) is 0 Å². The molecule has 0 amide bonds. The van der Waals surface area contributed by atoms with Gasteiger partial charge in [0.15, 0.2) is 0 Å². The number of carbonyl (C=O) groups is 2. The molecule has 0 fully saturated rings. The second-order valence-electron chi connectivity index (χ2n) is 1.58. The maximum absolute atomic E-state index is 10.0. The van der Waals surface area contributed by atoms with Crippen molar-refractivity contribution in [2.24, 2.45) is 0 Å². The predicted molar refractivity (Wildman–Crippen MR) is 31.7 cm³/mol. The van der Waals surface area contributed by atoms with Crippen LogP contribution in [0.4, 0.5) is 0 Å². The zero-order valence-electron chi connectivity index (χ0n) is 5.23. The maximum Gasteiger partial charge on any atom is 2.00 e. The number of Topliss-reactive ketones (excluding diaryl/α,β-unsaturated/α-hetero) is 2. The van der Waals surface area contributed by atoms with Crippen LogP contribution in [0.25, 0.3) is 0 Å². The van der Waals surface area contributed by atoms with E-state index in [0.717, 1.165) is 0 Å². The monoisotopic (exact) mass is 238 g/mol. The summed E-state index contributed by atoms with van der Waals surface area (Å²) in [7, 11) is 0. The van der Waals surface area contributed by atoms with E-state index >= 15 is 0 Å². The van der Waals surface area contributed by atoms with Crippen LogP contribution in [0.5, 0.6) is 0 Å². The minimum atomic E-state index is -0.0625. The van der Waals surface area contributed by atoms with Crippen LogP contribution in [0.3, 0.4) is 0 Å². The van der Waals surface area contributed by atoms with Gasteiger partial charge in [0.25, 0.3) is 0 Å². The summed E-state index contributed by atoms with van der Waals surface area (Å²) in [6, 6.07) is 0. The third kappa shape index (κ3) is 10.0. The van der Waals surface area contributed by atoms with Gasteiger partial charge in [-0.2, -0.15) is 0 Å². The van der Waals surface area contributed by atoms with Gasteiger partial charge in [-0.05, 0) is 13.8 Å². The molecule has 0 unspecified atom stereocenters. The molecular weight excluding hydrogens is 229 g/mol. The molecule has 0 aromatic heterocycles. The number of hydrogen-bond acceptors (Lipinski definition) is 2. The van der Waals surface area contributed by atoms with Crippen LogP contribution in [-0.2, 0) is 9.59 Å². The summed E-state index contributed by atoms with van der Waals surface area (Å²) < 4.78 is 0. The molecule has 2 nitrogen and oxygen atoms in total. The van der Waals surface area contributed by atoms with Gasteiger partial charge in [-0.15, -0.1) is 0 Å². The number of carbonyl (C=O) groups excluding carboxylic acids is 2. The quantitative estimate of drug-likeness (QED) is 0.507. The van der Waals surface area contributed by atoms with Crippen LogP contribution in [0.1, 0.15) is 20.3 Å². The third-order valence-corrected chi connectivity index (χ3v) is 0.498. The van der Waals surface area contributed by atoms with Crippen molar-refractivity contribution in [1.82, 2.24) is 0 Å². The summed E-state index contributed by atoms with van der Waals surface area (Å²) in [5, 5.41) is 0. The Morgan fingerprint density at radius 2 is 1.38 bits per heavy atom. The topological polar surface area (TPSA) is 34.1 Å². The minimum absolute atomic E-state index is 0. The van der Waals surface area contributed by atoms with Crippen molar-refractivity contribution in [3.63, 3.8) is 0 Å². The van der Waals surface area contributed by atoms with E-state index in [1.165, 1.54) is 13.8 Å². The van der Waals surface area contributed by atoms with Gasteiger partial charge >= 0.3 is 48.9 Å². The average molecular weight is 237 g/mol. The first-order valence-corrected chi connectivity index (χ1v) is 2.12. The Balaban J connectivity index is 0. The molecule has 0 radical (unpaired) electrons. The minimum Gasteiger partial charge on any atom is -0.300 e. The molecule has 0 saturated heterocycles. The fourth-order valence-corrected chi connectivity index (χ4v) is 0.351. The number of ketones is 2. The zero-order valence-corrected chi connectivity index (χ0v) is 9.67. The summed E-state index contributed by atoms with van der Waals surface area (Å²) >= 11 is 0. The summed E-state index contributed by atoms with van der Waals surface area (Å²) in [5.41, 5.74) is 0. The molecule has 0 aromatic carbocycles. The zero-order chi connectivity index (χ0) is 5.86. The normalized spacial score (nSPS) is 7.25. The standard InChI is InChI=1S/C5H8O2.Ba/c1-4(6)3-5(2)7;/h3H2,1-2H3;/q;+2. The molecule has 3 heteroatoms. The molecular formula is C5H8BaO2+2. The summed E-state index contributed by atoms with van der Waals surface area (Å²) in [6.07, 6.45) is 0.0833. The SMILES string of the molecule is CC(=O)CC(C)=O.[Ba+2]. The van der Waals surface area contributed by atoms with Crippen molar-refractivity contribution in [3.8, 4) is 0 Å². The van der Waals surface area contributed by atoms with E-state index in [4.69, 9.17) is 0 Å². The second-order valence-corrected chi connectivity index (χ2v) is 1.58. The van der Waals surface area contributed by atoms with E-state index in [1.807, 2.05) is 0 Å². The molecule has 0 aliphatic carbocycles. The third-order valence-electron chi connectivity index (χ3n) is 0.498. The Morgan fingerprint density at radius 3 is 1.38 bits per heavy atom.